The minimum absolute atomic E-state index is 0.0694. The van der Waals surface area contributed by atoms with Gasteiger partial charge in [-0.05, 0) is 60.7 Å². The molecule has 5 heteroatoms. The fraction of sp³-hybridized carbons (Fsp3) is 0.333. The zero-order chi connectivity index (χ0) is 18.3. The van der Waals surface area contributed by atoms with Gasteiger partial charge in [0.05, 0.1) is 18.1 Å². The molecular formula is C21H20FNO3. The van der Waals surface area contributed by atoms with Crippen LogP contribution in [0.4, 0.5) is 10.1 Å². The molecule has 0 saturated heterocycles. The molecular weight excluding hydrogens is 333 g/mol. The van der Waals surface area contributed by atoms with Crippen LogP contribution in [0.1, 0.15) is 40.7 Å². The molecule has 0 aromatic heterocycles. The Kier molecular flexibility index (Phi) is 4.02. The van der Waals surface area contributed by atoms with Gasteiger partial charge in [0.15, 0.2) is 0 Å². The third-order valence-corrected chi connectivity index (χ3v) is 5.65. The second kappa shape index (κ2) is 6.24. The smallest absolute Gasteiger partial charge is 0.337 e. The zero-order valence-electron chi connectivity index (χ0n) is 14.6. The quantitative estimate of drug-likeness (QED) is 0.792. The molecule has 1 aliphatic heterocycles. The number of nitrogens with zero attached hydrogens (tertiary/aromatic N) is 1. The van der Waals surface area contributed by atoms with Crippen molar-refractivity contribution in [2.45, 2.75) is 31.1 Å². The number of benzene rings is 2. The van der Waals surface area contributed by atoms with Gasteiger partial charge in [-0.25, -0.2) is 9.18 Å². The van der Waals surface area contributed by atoms with E-state index in [1.165, 1.54) is 19.2 Å². The van der Waals surface area contributed by atoms with Crippen LogP contribution in [0.25, 0.3) is 0 Å². The van der Waals surface area contributed by atoms with Gasteiger partial charge >= 0.3 is 5.97 Å². The number of halogens is 1. The molecule has 2 aliphatic rings. The van der Waals surface area contributed by atoms with Crippen molar-refractivity contribution in [3.63, 3.8) is 0 Å². The molecule has 1 saturated carbocycles. The summed E-state index contributed by atoms with van der Waals surface area (Å²) in [5, 5.41) is 0. The molecule has 0 spiro atoms. The van der Waals surface area contributed by atoms with Crippen molar-refractivity contribution >= 4 is 17.6 Å². The predicted molar refractivity (Wildman–Crippen MR) is 95.8 cm³/mol. The Hall–Kier alpha value is -2.69. The topological polar surface area (TPSA) is 46.6 Å². The van der Waals surface area contributed by atoms with Crippen molar-refractivity contribution in [1.82, 2.24) is 0 Å². The van der Waals surface area contributed by atoms with Gasteiger partial charge < -0.3 is 9.64 Å². The van der Waals surface area contributed by atoms with Crippen LogP contribution in [0.15, 0.2) is 42.5 Å². The Balaban J connectivity index is 1.66. The van der Waals surface area contributed by atoms with E-state index in [1.807, 2.05) is 11.0 Å². The molecule has 134 valence electrons. The van der Waals surface area contributed by atoms with Gasteiger partial charge in [0.1, 0.15) is 5.82 Å². The summed E-state index contributed by atoms with van der Waals surface area (Å²) in [4.78, 5) is 27.0. The van der Waals surface area contributed by atoms with Crippen LogP contribution < -0.4 is 4.90 Å². The number of amides is 1. The molecule has 2 aromatic rings. The molecule has 1 amide bonds. The third kappa shape index (κ3) is 2.50. The maximum absolute atomic E-state index is 13.4. The lowest BCUT2D eigenvalue weighted by Crippen LogP contribution is -2.50. The summed E-state index contributed by atoms with van der Waals surface area (Å²) in [6, 6.07) is 11.6. The molecule has 0 N–H and O–H groups in total. The number of ether oxygens (including phenoxy) is 1. The highest BCUT2D eigenvalue weighted by Gasteiger charge is 2.48. The first-order chi connectivity index (χ1) is 12.5. The number of hydrogen-bond acceptors (Lipinski definition) is 3. The molecule has 2 aromatic carbocycles. The van der Waals surface area contributed by atoms with Gasteiger partial charge in [-0.1, -0.05) is 18.6 Å². The number of carbonyl (C=O) groups is 2. The summed E-state index contributed by atoms with van der Waals surface area (Å²) in [5.41, 5.74) is 2.66. The monoisotopic (exact) mass is 353 g/mol. The van der Waals surface area contributed by atoms with E-state index in [1.54, 1.807) is 24.3 Å². The van der Waals surface area contributed by atoms with E-state index in [4.69, 9.17) is 4.74 Å². The number of carbonyl (C=O) groups excluding carboxylic acids is 2. The van der Waals surface area contributed by atoms with Gasteiger partial charge in [-0.2, -0.15) is 0 Å². The first kappa shape index (κ1) is 16.8. The normalized spacial score (nSPS) is 17.4. The van der Waals surface area contributed by atoms with Gasteiger partial charge in [0, 0.05) is 12.2 Å². The van der Waals surface area contributed by atoms with Crippen LogP contribution >= 0.6 is 0 Å². The van der Waals surface area contributed by atoms with E-state index in [0.29, 0.717) is 18.5 Å². The highest BCUT2D eigenvalue weighted by Crippen LogP contribution is 2.47. The number of methoxy groups -OCH3 is 1. The molecule has 0 bridgehead atoms. The van der Waals surface area contributed by atoms with Crippen LogP contribution in [0.3, 0.4) is 0 Å². The minimum Gasteiger partial charge on any atom is -0.465 e. The Bertz CT molecular complexity index is 871. The number of anilines is 1. The molecule has 0 radical (unpaired) electrons. The van der Waals surface area contributed by atoms with Crippen LogP contribution in [0.2, 0.25) is 0 Å². The first-order valence-electron chi connectivity index (χ1n) is 8.84. The Morgan fingerprint density at radius 3 is 2.46 bits per heavy atom. The molecule has 0 unspecified atom stereocenters. The Morgan fingerprint density at radius 1 is 1.12 bits per heavy atom. The summed E-state index contributed by atoms with van der Waals surface area (Å²) in [7, 11) is 1.36. The Labute approximate surface area is 151 Å². The van der Waals surface area contributed by atoms with Crippen LogP contribution in [-0.4, -0.2) is 25.5 Å². The lowest BCUT2D eigenvalue weighted by Gasteiger charge is -2.43. The fourth-order valence-corrected chi connectivity index (χ4v) is 4.04. The van der Waals surface area contributed by atoms with E-state index in [-0.39, 0.29) is 17.7 Å². The van der Waals surface area contributed by atoms with Crippen LogP contribution in [0.5, 0.6) is 0 Å². The maximum atomic E-state index is 13.4. The SMILES string of the molecule is COC(=O)c1ccc2c(c1)CCN2C(=O)C1(c2ccc(F)cc2)CCC1. The van der Waals surface area contributed by atoms with Gasteiger partial charge in [0.25, 0.3) is 0 Å². The summed E-state index contributed by atoms with van der Waals surface area (Å²) in [6.45, 7) is 0.599. The molecule has 1 heterocycles. The average molecular weight is 353 g/mol. The van der Waals surface area contributed by atoms with Crippen molar-refractivity contribution < 1.29 is 18.7 Å². The standard InChI is InChI=1S/C21H20FNO3/c1-26-19(24)15-3-8-18-14(13-15)9-12-23(18)20(25)21(10-2-11-21)16-4-6-17(22)7-5-16/h3-8,13H,2,9-12H2,1H3. The fourth-order valence-electron chi connectivity index (χ4n) is 4.04. The third-order valence-electron chi connectivity index (χ3n) is 5.65. The highest BCUT2D eigenvalue weighted by molar-refractivity contribution is 6.03. The van der Waals surface area contributed by atoms with E-state index in [9.17, 15) is 14.0 Å². The summed E-state index contributed by atoms with van der Waals surface area (Å²) in [5.74, 6) is -0.600. The lowest BCUT2D eigenvalue weighted by molar-refractivity contribution is -0.127. The largest absolute Gasteiger partial charge is 0.465 e. The summed E-state index contributed by atoms with van der Waals surface area (Å²) < 4.78 is 18.1. The van der Waals surface area contributed by atoms with E-state index >= 15 is 0 Å². The van der Waals surface area contributed by atoms with Crippen molar-refractivity contribution in [3.05, 3.63) is 65.0 Å². The van der Waals surface area contributed by atoms with Crippen LogP contribution in [-0.2, 0) is 21.4 Å². The number of rotatable bonds is 3. The van der Waals surface area contributed by atoms with E-state index in [2.05, 4.69) is 0 Å². The van der Waals surface area contributed by atoms with E-state index in [0.717, 1.165) is 36.1 Å². The van der Waals surface area contributed by atoms with Crippen molar-refractivity contribution in [2.24, 2.45) is 0 Å². The molecule has 4 nitrogen and oxygen atoms in total. The van der Waals surface area contributed by atoms with Crippen molar-refractivity contribution in [1.29, 1.82) is 0 Å². The zero-order valence-corrected chi connectivity index (χ0v) is 14.6. The molecule has 1 fully saturated rings. The molecule has 4 rings (SSSR count). The number of hydrogen-bond donors (Lipinski definition) is 0. The predicted octanol–water partition coefficient (Wildman–Crippen LogP) is 3.62. The minimum atomic E-state index is -0.559. The lowest BCUT2D eigenvalue weighted by atomic mass is 9.63. The second-order valence-electron chi connectivity index (χ2n) is 6.98. The van der Waals surface area contributed by atoms with Gasteiger partial charge in [-0.3, -0.25) is 4.79 Å². The average Bonchev–Trinajstić information content (AvgIpc) is 3.04. The summed E-state index contributed by atoms with van der Waals surface area (Å²) in [6.07, 6.45) is 3.27. The summed E-state index contributed by atoms with van der Waals surface area (Å²) >= 11 is 0. The van der Waals surface area contributed by atoms with Crippen molar-refractivity contribution in [2.75, 3.05) is 18.6 Å². The number of fused-ring (bicyclic) bond motifs is 1. The second-order valence-corrected chi connectivity index (χ2v) is 6.98. The number of esters is 1. The maximum Gasteiger partial charge on any atom is 0.337 e. The molecule has 1 aliphatic carbocycles. The molecule has 26 heavy (non-hydrogen) atoms. The van der Waals surface area contributed by atoms with Crippen LogP contribution in [0, 0.1) is 5.82 Å². The van der Waals surface area contributed by atoms with Gasteiger partial charge in [0.2, 0.25) is 5.91 Å². The Morgan fingerprint density at radius 2 is 1.85 bits per heavy atom. The highest BCUT2D eigenvalue weighted by atomic mass is 19.1. The van der Waals surface area contributed by atoms with Gasteiger partial charge in [-0.15, -0.1) is 0 Å². The molecule has 0 atom stereocenters. The van der Waals surface area contributed by atoms with E-state index < -0.39 is 5.41 Å². The van der Waals surface area contributed by atoms with Crippen molar-refractivity contribution in [3.8, 4) is 0 Å². The first-order valence-corrected chi connectivity index (χ1v) is 8.84.